The number of unbranched alkanes of at least 4 members (excludes halogenated alkanes) is 30. The molecule has 1 aromatic carbocycles. The van der Waals surface area contributed by atoms with E-state index in [9.17, 15) is 9.90 Å². The lowest BCUT2D eigenvalue weighted by Crippen LogP contribution is -2.08. The molecule has 0 heterocycles. The lowest BCUT2D eigenvalue weighted by Gasteiger charge is -2.16. The molecule has 0 spiro atoms. The Morgan fingerprint density at radius 2 is 0.750 bits per heavy atom. The van der Waals surface area contributed by atoms with E-state index in [4.69, 9.17) is 9.47 Å². The fourth-order valence-corrected chi connectivity index (χ4v) is 6.85. The fourth-order valence-electron chi connectivity index (χ4n) is 6.85. The van der Waals surface area contributed by atoms with Crippen molar-refractivity contribution in [3.63, 3.8) is 0 Å². The number of ether oxygens (including phenoxy) is 2. The SMILES string of the molecule is CCCCCCCCCCCCCCCCCCOc1ccc(C(=O)O)c(C)c1OCCCCCCCCCCCCCCCCCC. The second kappa shape index (κ2) is 33.8. The first kappa shape index (κ1) is 44.3. The number of carbonyl (C=O) groups is 1. The highest BCUT2D eigenvalue weighted by molar-refractivity contribution is 5.90. The number of benzene rings is 1. The third-order valence-corrected chi connectivity index (χ3v) is 10.1. The zero-order valence-electron chi connectivity index (χ0n) is 32.4. The smallest absolute Gasteiger partial charge is 0.336 e. The Morgan fingerprint density at radius 1 is 0.458 bits per heavy atom. The molecule has 0 aliphatic heterocycles. The van der Waals surface area contributed by atoms with Gasteiger partial charge in [-0.05, 0) is 31.9 Å². The van der Waals surface area contributed by atoms with Crippen molar-refractivity contribution in [2.45, 2.75) is 226 Å². The minimum atomic E-state index is -0.913. The van der Waals surface area contributed by atoms with Gasteiger partial charge in [0.15, 0.2) is 11.5 Å². The summed E-state index contributed by atoms with van der Waals surface area (Å²) in [5.41, 5.74) is 0.968. The highest BCUT2D eigenvalue weighted by Gasteiger charge is 2.17. The van der Waals surface area contributed by atoms with E-state index >= 15 is 0 Å². The van der Waals surface area contributed by atoms with Gasteiger partial charge in [0.2, 0.25) is 0 Å². The van der Waals surface area contributed by atoms with Crippen molar-refractivity contribution in [1.82, 2.24) is 0 Å². The van der Waals surface area contributed by atoms with Gasteiger partial charge in [-0.2, -0.15) is 0 Å². The first-order valence-corrected chi connectivity index (χ1v) is 21.2. The maximum absolute atomic E-state index is 11.7. The molecular weight excluding hydrogens is 592 g/mol. The molecule has 0 unspecified atom stereocenters. The molecule has 4 heteroatoms. The molecule has 48 heavy (non-hydrogen) atoms. The largest absolute Gasteiger partial charge is 0.490 e. The van der Waals surface area contributed by atoms with Gasteiger partial charge in [-0.15, -0.1) is 0 Å². The minimum absolute atomic E-state index is 0.298. The molecule has 0 atom stereocenters. The van der Waals surface area contributed by atoms with Crippen molar-refractivity contribution in [3.05, 3.63) is 23.3 Å². The molecule has 0 saturated carbocycles. The third kappa shape index (κ3) is 25.3. The Labute approximate surface area is 298 Å². The summed E-state index contributed by atoms with van der Waals surface area (Å²) in [6.45, 7) is 7.68. The minimum Gasteiger partial charge on any atom is -0.490 e. The van der Waals surface area contributed by atoms with Crippen molar-refractivity contribution in [2.75, 3.05) is 13.2 Å². The van der Waals surface area contributed by atoms with Crippen molar-refractivity contribution in [2.24, 2.45) is 0 Å². The summed E-state index contributed by atoms with van der Waals surface area (Å²) in [6, 6.07) is 3.44. The Kier molecular flexibility index (Phi) is 31.2. The van der Waals surface area contributed by atoms with Gasteiger partial charge in [0.1, 0.15) is 0 Å². The van der Waals surface area contributed by atoms with E-state index in [-0.39, 0.29) is 0 Å². The predicted octanol–water partition coefficient (Wildman–Crippen LogP) is 15.0. The molecular formula is C44H80O4. The van der Waals surface area contributed by atoms with Crippen LogP contribution in [0, 0.1) is 6.92 Å². The van der Waals surface area contributed by atoms with Crippen LogP contribution in [0.2, 0.25) is 0 Å². The van der Waals surface area contributed by atoms with Crippen molar-refractivity contribution >= 4 is 5.97 Å². The van der Waals surface area contributed by atoms with E-state index in [1.54, 1.807) is 12.1 Å². The van der Waals surface area contributed by atoms with Crippen LogP contribution in [0.5, 0.6) is 11.5 Å². The van der Waals surface area contributed by atoms with Gasteiger partial charge in [0.25, 0.3) is 0 Å². The van der Waals surface area contributed by atoms with Gasteiger partial charge < -0.3 is 14.6 Å². The van der Waals surface area contributed by atoms with Gasteiger partial charge in [0, 0.05) is 5.56 Å². The average Bonchev–Trinajstić information content (AvgIpc) is 3.08. The van der Waals surface area contributed by atoms with Gasteiger partial charge in [0.05, 0.1) is 18.8 Å². The summed E-state index contributed by atoms with van der Waals surface area (Å²) >= 11 is 0. The molecule has 1 N–H and O–H groups in total. The number of carboxylic acid groups (broad SMARTS) is 1. The topological polar surface area (TPSA) is 55.8 Å². The number of hydrogen-bond acceptors (Lipinski definition) is 3. The van der Waals surface area contributed by atoms with Crippen LogP contribution in [0.25, 0.3) is 0 Å². The Hall–Kier alpha value is -1.71. The Morgan fingerprint density at radius 3 is 1.06 bits per heavy atom. The molecule has 1 aromatic rings. The van der Waals surface area contributed by atoms with Crippen LogP contribution in [-0.2, 0) is 0 Å². The maximum Gasteiger partial charge on any atom is 0.336 e. The van der Waals surface area contributed by atoms with Crippen LogP contribution in [0.15, 0.2) is 12.1 Å². The Bertz CT molecular complexity index is 851. The Balaban J connectivity index is 2.10. The predicted molar refractivity (Wildman–Crippen MR) is 208 cm³/mol. The van der Waals surface area contributed by atoms with Crippen molar-refractivity contribution < 1.29 is 19.4 Å². The average molecular weight is 673 g/mol. The standard InChI is InChI=1S/C44H80O4/c1-4-6-8-10-12-14-16-18-20-22-24-26-28-30-32-34-38-47-42-37-36-41(44(45)46)40(3)43(42)48-39-35-33-31-29-27-25-23-21-19-17-15-13-11-9-7-5-2/h36-37H,4-35,38-39H2,1-3H3,(H,45,46). The van der Waals surface area contributed by atoms with Gasteiger partial charge >= 0.3 is 5.97 Å². The molecule has 0 bridgehead atoms. The maximum atomic E-state index is 11.7. The van der Waals surface area contributed by atoms with Crippen LogP contribution >= 0.6 is 0 Å². The van der Waals surface area contributed by atoms with Gasteiger partial charge in [-0.3, -0.25) is 0 Å². The first-order valence-electron chi connectivity index (χ1n) is 21.2. The zero-order chi connectivity index (χ0) is 34.8. The number of carboxylic acids is 1. The van der Waals surface area contributed by atoms with Crippen LogP contribution in [-0.4, -0.2) is 24.3 Å². The molecule has 0 radical (unpaired) electrons. The van der Waals surface area contributed by atoms with E-state index in [2.05, 4.69) is 13.8 Å². The first-order chi connectivity index (χ1) is 23.6. The number of hydrogen-bond donors (Lipinski definition) is 1. The van der Waals surface area contributed by atoms with Gasteiger partial charge in [-0.1, -0.05) is 206 Å². The van der Waals surface area contributed by atoms with Crippen molar-refractivity contribution in [1.29, 1.82) is 0 Å². The molecule has 1 rings (SSSR count). The number of aromatic carboxylic acids is 1. The molecule has 0 fully saturated rings. The van der Waals surface area contributed by atoms with Gasteiger partial charge in [-0.25, -0.2) is 4.79 Å². The van der Waals surface area contributed by atoms with E-state index in [1.807, 2.05) is 6.92 Å². The summed E-state index contributed by atoms with van der Waals surface area (Å²) in [5.74, 6) is 0.395. The molecule has 0 aliphatic carbocycles. The van der Waals surface area contributed by atoms with Crippen LogP contribution < -0.4 is 9.47 Å². The summed E-state index contributed by atoms with van der Waals surface area (Å²) in [7, 11) is 0. The van der Waals surface area contributed by atoms with Crippen LogP contribution in [0.1, 0.15) is 235 Å². The van der Waals surface area contributed by atoms with E-state index in [1.165, 1.54) is 186 Å². The molecule has 0 aliphatic rings. The summed E-state index contributed by atoms with van der Waals surface area (Å²) in [5, 5.41) is 9.64. The van der Waals surface area contributed by atoms with Crippen LogP contribution in [0.4, 0.5) is 0 Å². The molecule has 4 nitrogen and oxygen atoms in total. The molecule has 0 aromatic heterocycles. The zero-order valence-corrected chi connectivity index (χ0v) is 32.4. The fraction of sp³-hybridized carbons (Fsp3) is 0.841. The third-order valence-electron chi connectivity index (χ3n) is 10.1. The number of rotatable bonds is 37. The second-order valence-corrected chi connectivity index (χ2v) is 14.7. The molecule has 0 amide bonds. The highest BCUT2D eigenvalue weighted by Crippen LogP contribution is 2.34. The highest BCUT2D eigenvalue weighted by atomic mass is 16.5. The summed E-state index contributed by atoms with van der Waals surface area (Å²) in [6.07, 6.45) is 43.2. The van der Waals surface area contributed by atoms with E-state index in [0.717, 1.165) is 19.3 Å². The molecule has 0 saturated heterocycles. The lowest BCUT2D eigenvalue weighted by atomic mass is 10.0. The lowest BCUT2D eigenvalue weighted by molar-refractivity contribution is 0.0695. The molecule has 280 valence electrons. The quantitative estimate of drug-likeness (QED) is 0.0715. The summed E-state index contributed by atoms with van der Waals surface area (Å²) in [4.78, 5) is 11.7. The monoisotopic (exact) mass is 673 g/mol. The normalized spacial score (nSPS) is 11.3. The second-order valence-electron chi connectivity index (χ2n) is 14.7. The van der Waals surface area contributed by atoms with E-state index in [0.29, 0.717) is 35.8 Å². The van der Waals surface area contributed by atoms with E-state index < -0.39 is 5.97 Å². The van der Waals surface area contributed by atoms with Crippen molar-refractivity contribution in [3.8, 4) is 11.5 Å². The van der Waals surface area contributed by atoms with Crippen LogP contribution in [0.3, 0.4) is 0 Å². The summed E-state index contributed by atoms with van der Waals surface area (Å²) < 4.78 is 12.3.